The lowest BCUT2D eigenvalue weighted by Gasteiger charge is -2.10. The van der Waals surface area contributed by atoms with Gasteiger partial charge in [0, 0.05) is 17.3 Å². The van der Waals surface area contributed by atoms with E-state index < -0.39 is 20.7 Å². The number of benzene rings is 2. The maximum atomic E-state index is 13.8. The van der Waals surface area contributed by atoms with Crippen molar-refractivity contribution < 1.29 is 17.5 Å². The Bertz CT molecular complexity index is 992. The monoisotopic (exact) mass is 359 g/mol. The smallest absolute Gasteiger partial charge is 0.264 e. The van der Waals surface area contributed by atoms with Gasteiger partial charge in [-0.2, -0.15) is 0 Å². The average Bonchev–Trinajstić information content (AvgIpc) is 2.62. The fourth-order valence-electron chi connectivity index (χ4n) is 2.20. The van der Waals surface area contributed by atoms with Crippen molar-refractivity contribution in [3.63, 3.8) is 0 Å². The van der Waals surface area contributed by atoms with Crippen LogP contribution in [0.2, 0.25) is 0 Å². The summed E-state index contributed by atoms with van der Waals surface area (Å²) in [6.07, 6.45) is 0. The molecular weight excluding hydrogens is 345 g/mol. The fraction of sp³-hybridized carbons (Fsp3) is 0.0588. The summed E-state index contributed by atoms with van der Waals surface area (Å²) in [5.74, 6) is -0.438. The van der Waals surface area contributed by atoms with Crippen molar-refractivity contribution in [3.8, 4) is 17.1 Å². The zero-order valence-corrected chi connectivity index (χ0v) is 14.0. The van der Waals surface area contributed by atoms with E-state index in [2.05, 4.69) is 14.9 Å². The molecule has 3 aromatic rings. The molecule has 0 aliphatic heterocycles. The second kappa shape index (κ2) is 6.86. The van der Waals surface area contributed by atoms with E-state index in [1.807, 2.05) is 0 Å². The molecule has 128 valence electrons. The second-order valence-corrected chi connectivity index (χ2v) is 6.73. The predicted molar refractivity (Wildman–Crippen MR) is 91.2 cm³/mol. The molecule has 0 unspecified atom stereocenters. The first kappa shape index (κ1) is 16.8. The van der Waals surface area contributed by atoms with Gasteiger partial charge in [0.2, 0.25) is 5.88 Å². The van der Waals surface area contributed by atoms with Crippen LogP contribution in [0.3, 0.4) is 0 Å². The summed E-state index contributed by atoms with van der Waals surface area (Å²) < 4.78 is 45.8. The van der Waals surface area contributed by atoms with Crippen LogP contribution in [0.15, 0.2) is 65.6 Å². The van der Waals surface area contributed by atoms with Crippen molar-refractivity contribution in [2.45, 2.75) is 4.90 Å². The van der Waals surface area contributed by atoms with E-state index in [9.17, 15) is 12.8 Å². The van der Waals surface area contributed by atoms with Crippen molar-refractivity contribution in [1.82, 2.24) is 10.2 Å². The molecular formula is C17H14FN3O3S. The molecule has 0 amide bonds. The van der Waals surface area contributed by atoms with Gasteiger partial charge in [0.05, 0.1) is 12.8 Å². The van der Waals surface area contributed by atoms with Gasteiger partial charge in [0.15, 0.2) is 0 Å². The molecule has 0 bridgehead atoms. The van der Waals surface area contributed by atoms with E-state index in [1.165, 1.54) is 25.3 Å². The highest BCUT2D eigenvalue weighted by atomic mass is 32.2. The molecule has 0 saturated heterocycles. The van der Waals surface area contributed by atoms with Crippen LogP contribution in [0.5, 0.6) is 5.88 Å². The second-order valence-electron chi connectivity index (χ2n) is 5.08. The van der Waals surface area contributed by atoms with E-state index in [0.717, 1.165) is 6.07 Å². The molecule has 8 heteroatoms. The molecule has 6 nitrogen and oxygen atoms in total. The summed E-state index contributed by atoms with van der Waals surface area (Å²) >= 11 is 0. The molecule has 0 fully saturated rings. The third-order valence-corrected chi connectivity index (χ3v) is 4.80. The van der Waals surface area contributed by atoms with Crippen LogP contribution in [0.25, 0.3) is 11.3 Å². The number of hydrogen-bond donors (Lipinski definition) is 1. The molecule has 1 aromatic heterocycles. The van der Waals surface area contributed by atoms with Crippen molar-refractivity contribution in [2.24, 2.45) is 0 Å². The molecule has 1 N–H and O–H groups in total. The molecule has 0 radical (unpaired) electrons. The Morgan fingerprint density at radius 3 is 2.48 bits per heavy atom. The number of aromatic nitrogens is 2. The van der Waals surface area contributed by atoms with Crippen LogP contribution < -0.4 is 9.46 Å². The van der Waals surface area contributed by atoms with E-state index in [1.54, 1.807) is 36.4 Å². The van der Waals surface area contributed by atoms with E-state index in [0.29, 0.717) is 22.8 Å². The zero-order valence-electron chi connectivity index (χ0n) is 13.2. The van der Waals surface area contributed by atoms with Crippen molar-refractivity contribution >= 4 is 15.7 Å². The van der Waals surface area contributed by atoms with Crippen LogP contribution >= 0.6 is 0 Å². The topological polar surface area (TPSA) is 81.2 Å². The highest BCUT2D eigenvalue weighted by Crippen LogP contribution is 2.24. The van der Waals surface area contributed by atoms with Gasteiger partial charge in [-0.25, -0.2) is 12.8 Å². The minimum Gasteiger partial charge on any atom is -0.480 e. The van der Waals surface area contributed by atoms with Gasteiger partial charge in [-0.3, -0.25) is 4.72 Å². The number of sulfonamides is 1. The largest absolute Gasteiger partial charge is 0.480 e. The Morgan fingerprint density at radius 1 is 1.00 bits per heavy atom. The molecule has 0 atom stereocenters. The first-order chi connectivity index (χ1) is 12.0. The van der Waals surface area contributed by atoms with Gasteiger partial charge in [0.25, 0.3) is 10.0 Å². The summed E-state index contributed by atoms with van der Waals surface area (Å²) in [6, 6.07) is 15.1. The molecule has 2 aromatic carbocycles. The third-order valence-electron chi connectivity index (χ3n) is 3.39. The van der Waals surface area contributed by atoms with Crippen LogP contribution in [0.4, 0.5) is 10.1 Å². The van der Waals surface area contributed by atoms with E-state index in [-0.39, 0.29) is 0 Å². The van der Waals surface area contributed by atoms with Crippen LogP contribution in [0.1, 0.15) is 0 Å². The Balaban J connectivity index is 1.90. The molecule has 3 rings (SSSR count). The quantitative estimate of drug-likeness (QED) is 0.757. The van der Waals surface area contributed by atoms with Crippen molar-refractivity contribution in [1.29, 1.82) is 0 Å². The highest BCUT2D eigenvalue weighted by molar-refractivity contribution is 7.92. The highest BCUT2D eigenvalue weighted by Gasteiger charge is 2.18. The zero-order chi connectivity index (χ0) is 17.9. The van der Waals surface area contributed by atoms with Gasteiger partial charge < -0.3 is 4.74 Å². The minimum absolute atomic E-state index is 0.290. The Morgan fingerprint density at radius 2 is 1.80 bits per heavy atom. The summed E-state index contributed by atoms with van der Waals surface area (Å²) in [4.78, 5) is -0.412. The number of rotatable bonds is 5. The first-order valence-corrected chi connectivity index (χ1v) is 8.73. The predicted octanol–water partition coefficient (Wildman–Crippen LogP) is 3.09. The van der Waals surface area contributed by atoms with Crippen LogP contribution in [-0.4, -0.2) is 25.7 Å². The number of nitrogens with one attached hydrogen (secondary N) is 1. The van der Waals surface area contributed by atoms with Crippen LogP contribution in [0, 0.1) is 5.82 Å². The van der Waals surface area contributed by atoms with Gasteiger partial charge >= 0.3 is 0 Å². The van der Waals surface area contributed by atoms with E-state index >= 15 is 0 Å². The Hall–Kier alpha value is -3.00. The van der Waals surface area contributed by atoms with Gasteiger partial charge in [-0.1, -0.05) is 24.3 Å². The van der Waals surface area contributed by atoms with Gasteiger partial charge in [-0.15, -0.1) is 10.2 Å². The number of nitrogens with zero attached hydrogens (tertiary/aromatic N) is 2. The van der Waals surface area contributed by atoms with Crippen molar-refractivity contribution in [3.05, 3.63) is 66.5 Å². The lowest BCUT2D eigenvalue weighted by atomic mass is 10.1. The average molecular weight is 359 g/mol. The molecule has 1 heterocycles. The fourth-order valence-corrected chi connectivity index (χ4v) is 3.33. The minimum atomic E-state index is -4.03. The third kappa shape index (κ3) is 3.74. The number of halogens is 1. The number of hydrogen-bond acceptors (Lipinski definition) is 5. The SMILES string of the molecule is COc1ccc(-c2cccc(NS(=O)(=O)c3ccccc3F)c2)nn1. The first-order valence-electron chi connectivity index (χ1n) is 7.25. The number of methoxy groups -OCH3 is 1. The normalized spacial score (nSPS) is 11.1. The summed E-state index contributed by atoms with van der Waals surface area (Å²) in [6.45, 7) is 0. The Kier molecular flexibility index (Phi) is 4.62. The summed E-state index contributed by atoms with van der Waals surface area (Å²) in [7, 11) is -2.55. The lowest BCUT2D eigenvalue weighted by Crippen LogP contribution is -2.14. The molecule has 0 aliphatic carbocycles. The van der Waals surface area contributed by atoms with Gasteiger partial charge in [-0.05, 0) is 30.3 Å². The molecule has 25 heavy (non-hydrogen) atoms. The lowest BCUT2D eigenvalue weighted by molar-refractivity contribution is 0.392. The van der Waals surface area contributed by atoms with Crippen molar-refractivity contribution in [2.75, 3.05) is 11.8 Å². The molecule has 0 aliphatic rings. The summed E-state index contributed by atoms with van der Waals surface area (Å²) in [5, 5.41) is 7.89. The Labute approximate surface area is 144 Å². The van der Waals surface area contributed by atoms with Crippen LogP contribution in [-0.2, 0) is 10.0 Å². The number of anilines is 1. The summed E-state index contributed by atoms with van der Waals surface area (Å²) in [5.41, 5.74) is 1.50. The maximum absolute atomic E-state index is 13.8. The maximum Gasteiger partial charge on any atom is 0.264 e. The standard InChI is InChI=1S/C17H14FN3O3S/c1-24-17-10-9-15(19-20-17)12-5-4-6-13(11-12)21-25(22,23)16-8-3-2-7-14(16)18/h2-11,21H,1H3. The van der Waals surface area contributed by atoms with E-state index in [4.69, 9.17) is 4.74 Å². The number of ether oxygens (including phenoxy) is 1. The van der Waals surface area contributed by atoms with Gasteiger partial charge in [0.1, 0.15) is 10.7 Å². The molecule has 0 saturated carbocycles. The molecule has 0 spiro atoms.